The summed E-state index contributed by atoms with van der Waals surface area (Å²) >= 11 is 0. The molecular weight excluding hydrogens is 204 g/mol. The second-order valence-electron chi connectivity index (χ2n) is 4.61. The molecule has 0 saturated carbocycles. The summed E-state index contributed by atoms with van der Waals surface area (Å²) in [6.45, 7) is 4.82. The number of ether oxygens (including phenoxy) is 2. The Labute approximate surface area is 95.4 Å². The van der Waals surface area contributed by atoms with Crippen molar-refractivity contribution in [2.75, 3.05) is 6.61 Å². The van der Waals surface area contributed by atoms with Crippen LogP contribution in [0.2, 0.25) is 0 Å². The van der Waals surface area contributed by atoms with Gasteiger partial charge in [0, 0.05) is 11.1 Å². The van der Waals surface area contributed by atoms with Crippen molar-refractivity contribution in [3.05, 3.63) is 35.4 Å². The third kappa shape index (κ3) is 2.49. The summed E-state index contributed by atoms with van der Waals surface area (Å²) in [5.41, 5.74) is 1.48. The molecule has 0 amide bonds. The molecule has 1 atom stereocenters. The molecule has 0 aliphatic carbocycles. The van der Waals surface area contributed by atoms with E-state index in [-0.39, 0.29) is 11.9 Å². The molecule has 0 aromatic heterocycles. The summed E-state index contributed by atoms with van der Waals surface area (Å²) in [6, 6.07) is 7.29. The third-order valence-corrected chi connectivity index (χ3v) is 2.74. The van der Waals surface area contributed by atoms with Crippen LogP contribution >= 0.6 is 0 Å². The van der Waals surface area contributed by atoms with Crippen molar-refractivity contribution >= 4 is 6.29 Å². The summed E-state index contributed by atoms with van der Waals surface area (Å²) in [4.78, 5) is 10.5. The number of benzene rings is 1. The van der Waals surface area contributed by atoms with E-state index in [9.17, 15) is 4.79 Å². The Balaban J connectivity index is 2.14. The number of hydrogen-bond acceptors (Lipinski definition) is 3. The number of rotatable bonds is 2. The number of carbonyl (C=O) groups is 1. The van der Waals surface area contributed by atoms with Crippen molar-refractivity contribution in [1.29, 1.82) is 0 Å². The zero-order valence-electron chi connectivity index (χ0n) is 9.60. The predicted molar refractivity (Wildman–Crippen MR) is 60.3 cm³/mol. The Kier molecular flexibility index (Phi) is 3.08. The minimum absolute atomic E-state index is 0.147. The maximum absolute atomic E-state index is 10.5. The Bertz CT molecular complexity index is 367. The van der Waals surface area contributed by atoms with Crippen molar-refractivity contribution in [3.8, 4) is 0 Å². The summed E-state index contributed by atoms with van der Waals surface area (Å²) in [5, 5.41) is 0. The highest BCUT2D eigenvalue weighted by atomic mass is 16.7. The van der Waals surface area contributed by atoms with Crippen molar-refractivity contribution < 1.29 is 14.3 Å². The van der Waals surface area contributed by atoms with E-state index in [0.29, 0.717) is 12.2 Å². The van der Waals surface area contributed by atoms with Gasteiger partial charge in [0.15, 0.2) is 6.29 Å². The van der Waals surface area contributed by atoms with Crippen LogP contribution in [0.5, 0.6) is 0 Å². The average molecular weight is 220 g/mol. The molecule has 1 unspecified atom stereocenters. The van der Waals surface area contributed by atoms with Gasteiger partial charge in [-0.3, -0.25) is 4.79 Å². The molecule has 0 spiro atoms. The molecule has 1 aromatic rings. The first-order chi connectivity index (χ1) is 7.61. The van der Waals surface area contributed by atoms with Gasteiger partial charge in [0.1, 0.15) is 6.29 Å². The number of aldehydes is 1. The molecule has 86 valence electrons. The van der Waals surface area contributed by atoms with Gasteiger partial charge >= 0.3 is 0 Å². The first kappa shape index (κ1) is 11.3. The molecule has 1 aliphatic heterocycles. The second kappa shape index (κ2) is 4.36. The van der Waals surface area contributed by atoms with Gasteiger partial charge in [0.25, 0.3) is 0 Å². The van der Waals surface area contributed by atoms with Crippen LogP contribution in [0.3, 0.4) is 0 Å². The fraction of sp³-hybridized carbons (Fsp3) is 0.462. The van der Waals surface area contributed by atoms with E-state index in [4.69, 9.17) is 9.47 Å². The maximum Gasteiger partial charge on any atom is 0.184 e. The Morgan fingerprint density at radius 2 is 2.00 bits per heavy atom. The van der Waals surface area contributed by atoms with Gasteiger partial charge in [0.2, 0.25) is 0 Å². The molecule has 1 aromatic carbocycles. The maximum atomic E-state index is 10.5. The highest BCUT2D eigenvalue weighted by Gasteiger charge is 2.29. The molecule has 0 radical (unpaired) electrons. The lowest BCUT2D eigenvalue weighted by atomic mass is 10.0. The quantitative estimate of drug-likeness (QED) is 0.719. The first-order valence-corrected chi connectivity index (χ1v) is 5.45. The van der Waals surface area contributed by atoms with Gasteiger partial charge in [-0.05, 0) is 20.3 Å². The van der Waals surface area contributed by atoms with E-state index >= 15 is 0 Å². The van der Waals surface area contributed by atoms with Gasteiger partial charge in [0.05, 0.1) is 12.2 Å². The Morgan fingerprint density at radius 3 is 2.56 bits per heavy atom. The molecule has 1 saturated heterocycles. The highest BCUT2D eigenvalue weighted by molar-refractivity contribution is 5.74. The Morgan fingerprint density at radius 1 is 1.31 bits per heavy atom. The molecule has 2 rings (SSSR count). The molecule has 16 heavy (non-hydrogen) atoms. The lowest BCUT2D eigenvalue weighted by molar-refractivity contribution is -0.249. The van der Waals surface area contributed by atoms with E-state index in [2.05, 4.69) is 13.8 Å². The fourth-order valence-corrected chi connectivity index (χ4v) is 1.69. The van der Waals surface area contributed by atoms with Gasteiger partial charge in [-0.1, -0.05) is 24.3 Å². The summed E-state index contributed by atoms with van der Waals surface area (Å²) in [6.07, 6.45) is 1.41. The molecule has 3 nitrogen and oxygen atoms in total. The lowest BCUT2D eigenvalue weighted by Gasteiger charge is -2.36. The number of hydrogen-bond donors (Lipinski definition) is 0. The summed E-state index contributed by atoms with van der Waals surface area (Å²) < 4.78 is 11.4. The molecule has 1 fully saturated rings. The SMILES string of the molecule is CC1(C)CCOC(c2ccc(C=O)cc2)O1. The topological polar surface area (TPSA) is 35.5 Å². The van der Waals surface area contributed by atoms with E-state index in [1.165, 1.54) is 0 Å². The highest BCUT2D eigenvalue weighted by Crippen LogP contribution is 2.32. The zero-order chi connectivity index (χ0) is 11.6. The van der Waals surface area contributed by atoms with Gasteiger partial charge < -0.3 is 9.47 Å². The summed E-state index contributed by atoms with van der Waals surface area (Å²) in [5.74, 6) is 0. The van der Waals surface area contributed by atoms with Crippen LogP contribution in [0, 0.1) is 0 Å². The predicted octanol–water partition coefficient (Wildman–Crippen LogP) is 2.71. The van der Waals surface area contributed by atoms with E-state index in [0.717, 1.165) is 18.3 Å². The van der Waals surface area contributed by atoms with Crippen LogP contribution in [0.15, 0.2) is 24.3 Å². The van der Waals surface area contributed by atoms with E-state index < -0.39 is 0 Å². The van der Waals surface area contributed by atoms with E-state index in [1.54, 1.807) is 12.1 Å². The largest absolute Gasteiger partial charge is 0.348 e. The first-order valence-electron chi connectivity index (χ1n) is 5.45. The Hall–Kier alpha value is -1.19. The molecule has 3 heteroatoms. The molecule has 0 N–H and O–H groups in total. The summed E-state index contributed by atoms with van der Waals surface area (Å²) in [7, 11) is 0. The average Bonchev–Trinajstić information content (AvgIpc) is 2.28. The molecule has 1 aliphatic rings. The van der Waals surface area contributed by atoms with Gasteiger partial charge in [-0.15, -0.1) is 0 Å². The lowest BCUT2D eigenvalue weighted by Crippen LogP contribution is -2.34. The van der Waals surface area contributed by atoms with Crippen LogP contribution in [0.1, 0.15) is 42.5 Å². The zero-order valence-corrected chi connectivity index (χ0v) is 9.60. The van der Waals surface area contributed by atoms with Crippen molar-refractivity contribution in [2.45, 2.75) is 32.2 Å². The fourth-order valence-electron chi connectivity index (χ4n) is 1.69. The minimum atomic E-state index is -0.315. The van der Waals surface area contributed by atoms with Crippen molar-refractivity contribution in [3.63, 3.8) is 0 Å². The normalized spacial score (nSPS) is 24.0. The standard InChI is InChI=1S/C13H16O3/c1-13(2)7-8-15-12(16-13)11-5-3-10(9-14)4-6-11/h3-6,9,12H,7-8H2,1-2H3. The third-order valence-electron chi connectivity index (χ3n) is 2.74. The number of carbonyl (C=O) groups excluding carboxylic acids is 1. The van der Waals surface area contributed by atoms with Crippen molar-refractivity contribution in [2.24, 2.45) is 0 Å². The van der Waals surface area contributed by atoms with E-state index in [1.807, 2.05) is 12.1 Å². The smallest absolute Gasteiger partial charge is 0.184 e. The van der Waals surface area contributed by atoms with Crippen molar-refractivity contribution in [1.82, 2.24) is 0 Å². The monoisotopic (exact) mass is 220 g/mol. The van der Waals surface area contributed by atoms with Crippen LogP contribution in [-0.2, 0) is 9.47 Å². The minimum Gasteiger partial charge on any atom is -0.348 e. The van der Waals surface area contributed by atoms with Crippen LogP contribution < -0.4 is 0 Å². The van der Waals surface area contributed by atoms with Gasteiger partial charge in [-0.25, -0.2) is 0 Å². The molecule has 0 bridgehead atoms. The second-order valence-corrected chi connectivity index (χ2v) is 4.61. The van der Waals surface area contributed by atoms with Gasteiger partial charge in [-0.2, -0.15) is 0 Å². The van der Waals surface area contributed by atoms with Crippen LogP contribution in [0.4, 0.5) is 0 Å². The van der Waals surface area contributed by atoms with Crippen LogP contribution in [-0.4, -0.2) is 18.5 Å². The molecule has 1 heterocycles. The molecular formula is C13H16O3. The van der Waals surface area contributed by atoms with Crippen LogP contribution in [0.25, 0.3) is 0 Å².